The van der Waals surface area contributed by atoms with E-state index < -0.39 is 0 Å². The number of amides is 1. The maximum atomic E-state index is 12.1. The predicted molar refractivity (Wildman–Crippen MR) is 111 cm³/mol. The van der Waals surface area contributed by atoms with Crippen molar-refractivity contribution in [3.05, 3.63) is 54.1 Å². The molecule has 0 spiro atoms. The van der Waals surface area contributed by atoms with Gasteiger partial charge in [-0.05, 0) is 23.6 Å². The molecule has 1 N–H and O–H groups in total. The highest BCUT2D eigenvalue weighted by molar-refractivity contribution is 7.99. The number of nitrogens with one attached hydrogen (secondary N) is 1. The summed E-state index contributed by atoms with van der Waals surface area (Å²) in [6.07, 6.45) is 0. The molecule has 0 fully saturated rings. The second kappa shape index (κ2) is 9.97. The van der Waals surface area contributed by atoms with E-state index in [9.17, 15) is 4.79 Å². The molecule has 0 aliphatic carbocycles. The van der Waals surface area contributed by atoms with Crippen molar-refractivity contribution in [2.75, 3.05) is 26.5 Å². The Morgan fingerprint density at radius 1 is 1.10 bits per heavy atom. The summed E-state index contributed by atoms with van der Waals surface area (Å²) in [6, 6.07) is 15.4. The molecule has 1 amide bonds. The van der Waals surface area contributed by atoms with E-state index in [0.717, 1.165) is 0 Å². The lowest BCUT2D eigenvalue weighted by atomic mass is 10.0. The Morgan fingerprint density at radius 2 is 1.79 bits per heavy atom. The number of hydrogen-bond acceptors (Lipinski definition) is 7. The summed E-state index contributed by atoms with van der Waals surface area (Å²) < 4.78 is 16.2. The Balaban J connectivity index is 1.53. The van der Waals surface area contributed by atoms with Crippen molar-refractivity contribution in [2.24, 2.45) is 0 Å². The third-order valence-electron chi connectivity index (χ3n) is 4.31. The highest BCUT2D eigenvalue weighted by Gasteiger charge is 2.14. The summed E-state index contributed by atoms with van der Waals surface area (Å²) in [5, 5.41) is 11.3. The zero-order chi connectivity index (χ0) is 20.6. The fourth-order valence-corrected chi connectivity index (χ4v) is 3.25. The summed E-state index contributed by atoms with van der Waals surface area (Å²) in [5.41, 5.74) is 1.87. The van der Waals surface area contributed by atoms with Crippen LogP contribution in [0.1, 0.15) is 18.4 Å². The van der Waals surface area contributed by atoms with Crippen molar-refractivity contribution in [3.8, 4) is 23.0 Å². The molecular formula is C21H23N3O4S. The number of thioether (sulfide) groups is 1. The third kappa shape index (κ3) is 5.74. The van der Waals surface area contributed by atoms with Gasteiger partial charge in [0.1, 0.15) is 11.5 Å². The number of nitrogens with zero attached hydrogens (tertiary/aromatic N) is 2. The van der Waals surface area contributed by atoms with Gasteiger partial charge in [-0.2, -0.15) is 0 Å². The van der Waals surface area contributed by atoms with E-state index in [0.29, 0.717) is 34.7 Å². The van der Waals surface area contributed by atoms with Gasteiger partial charge in [0, 0.05) is 18.2 Å². The van der Waals surface area contributed by atoms with Gasteiger partial charge in [0.05, 0.1) is 20.0 Å². The highest BCUT2D eigenvalue weighted by Crippen LogP contribution is 2.30. The van der Waals surface area contributed by atoms with E-state index in [4.69, 9.17) is 13.9 Å². The zero-order valence-corrected chi connectivity index (χ0v) is 17.4. The van der Waals surface area contributed by atoms with Crippen LogP contribution in [-0.2, 0) is 4.79 Å². The van der Waals surface area contributed by atoms with Crippen LogP contribution in [0, 0.1) is 0 Å². The maximum absolute atomic E-state index is 12.1. The van der Waals surface area contributed by atoms with E-state index in [1.54, 1.807) is 32.4 Å². The van der Waals surface area contributed by atoms with Gasteiger partial charge in [-0.25, -0.2) is 0 Å². The highest BCUT2D eigenvalue weighted by atomic mass is 32.2. The lowest BCUT2D eigenvalue weighted by Gasteiger charge is -2.12. The largest absolute Gasteiger partial charge is 0.497 e. The average Bonchev–Trinajstić information content (AvgIpc) is 3.25. The van der Waals surface area contributed by atoms with Gasteiger partial charge >= 0.3 is 0 Å². The molecule has 0 aliphatic rings. The topological polar surface area (TPSA) is 86.5 Å². The molecule has 152 valence electrons. The van der Waals surface area contributed by atoms with Crippen molar-refractivity contribution in [1.29, 1.82) is 0 Å². The minimum Gasteiger partial charge on any atom is -0.497 e. The average molecular weight is 413 g/mol. The van der Waals surface area contributed by atoms with E-state index in [1.165, 1.54) is 17.3 Å². The Labute approximate surface area is 173 Å². The molecule has 1 heterocycles. The van der Waals surface area contributed by atoms with Gasteiger partial charge in [-0.3, -0.25) is 4.79 Å². The number of rotatable bonds is 9. The molecule has 1 aromatic heterocycles. The van der Waals surface area contributed by atoms with Crippen LogP contribution < -0.4 is 14.8 Å². The fraction of sp³-hybridized carbons (Fsp3) is 0.286. The first-order valence-electron chi connectivity index (χ1n) is 9.10. The Morgan fingerprint density at radius 3 is 2.45 bits per heavy atom. The summed E-state index contributed by atoms with van der Waals surface area (Å²) in [4.78, 5) is 12.1. The summed E-state index contributed by atoms with van der Waals surface area (Å²) >= 11 is 1.20. The number of methoxy groups -OCH3 is 2. The number of hydrogen-bond donors (Lipinski definition) is 1. The third-order valence-corrected chi connectivity index (χ3v) is 5.12. The lowest BCUT2D eigenvalue weighted by Crippen LogP contribution is -2.28. The number of carbonyl (C=O) groups excluding carboxylic acids is 1. The van der Waals surface area contributed by atoms with Gasteiger partial charge in [-0.1, -0.05) is 49.0 Å². The zero-order valence-electron chi connectivity index (χ0n) is 16.5. The van der Waals surface area contributed by atoms with Crippen molar-refractivity contribution in [3.63, 3.8) is 0 Å². The first kappa shape index (κ1) is 20.7. The van der Waals surface area contributed by atoms with Gasteiger partial charge in [0.25, 0.3) is 5.22 Å². The predicted octanol–water partition coefficient (Wildman–Crippen LogP) is 3.77. The molecule has 7 nitrogen and oxygen atoms in total. The molecule has 0 saturated heterocycles. The van der Waals surface area contributed by atoms with Crippen LogP contribution in [-0.4, -0.2) is 42.6 Å². The van der Waals surface area contributed by atoms with Crippen molar-refractivity contribution < 1.29 is 18.7 Å². The molecule has 2 aromatic carbocycles. The first-order valence-corrected chi connectivity index (χ1v) is 10.1. The summed E-state index contributed by atoms with van der Waals surface area (Å²) in [6.45, 7) is 2.65. The smallest absolute Gasteiger partial charge is 0.277 e. The second-order valence-electron chi connectivity index (χ2n) is 6.38. The van der Waals surface area contributed by atoms with Crippen LogP contribution in [0.25, 0.3) is 11.5 Å². The number of carbonyl (C=O) groups is 1. The minimum atomic E-state index is -0.0828. The maximum Gasteiger partial charge on any atom is 0.277 e. The van der Waals surface area contributed by atoms with Crippen LogP contribution >= 0.6 is 11.8 Å². The van der Waals surface area contributed by atoms with E-state index in [2.05, 4.69) is 34.6 Å². The quantitative estimate of drug-likeness (QED) is 0.534. The first-order chi connectivity index (χ1) is 14.1. The van der Waals surface area contributed by atoms with Crippen LogP contribution in [0.2, 0.25) is 0 Å². The molecule has 0 radical (unpaired) electrons. The molecule has 0 bridgehead atoms. The standard InChI is InChI=1S/C21H23N3O4S/c1-14(15-7-5-4-6-8-15)12-22-19(25)13-29-21-24-23-20(28-21)16-9-17(26-2)11-18(10-16)27-3/h4-11,14H,12-13H2,1-3H3,(H,22,25)/t14-/m0/s1. The Bertz CT molecular complexity index is 924. The van der Waals surface area contributed by atoms with E-state index in [-0.39, 0.29) is 17.6 Å². The SMILES string of the molecule is COc1cc(OC)cc(-c2nnc(SCC(=O)NC[C@H](C)c3ccccc3)o2)c1. The lowest BCUT2D eigenvalue weighted by molar-refractivity contribution is -0.118. The molecule has 0 unspecified atom stereocenters. The molecule has 0 saturated carbocycles. The van der Waals surface area contributed by atoms with Crippen LogP contribution in [0.4, 0.5) is 0 Å². The summed E-state index contributed by atoms with van der Waals surface area (Å²) in [5.74, 6) is 1.94. The van der Waals surface area contributed by atoms with Crippen LogP contribution in [0.3, 0.4) is 0 Å². The van der Waals surface area contributed by atoms with E-state index >= 15 is 0 Å². The number of ether oxygens (including phenoxy) is 2. The minimum absolute atomic E-state index is 0.0828. The molecule has 1 atom stereocenters. The van der Waals surface area contributed by atoms with Crippen molar-refractivity contribution in [1.82, 2.24) is 15.5 Å². The van der Waals surface area contributed by atoms with Crippen molar-refractivity contribution in [2.45, 2.75) is 18.1 Å². The molecule has 3 aromatic rings. The monoisotopic (exact) mass is 413 g/mol. The molecule has 8 heteroatoms. The van der Waals surface area contributed by atoms with Gasteiger partial charge in [0.2, 0.25) is 11.8 Å². The normalized spacial score (nSPS) is 11.7. The second-order valence-corrected chi connectivity index (χ2v) is 7.31. The summed E-state index contributed by atoms with van der Waals surface area (Å²) in [7, 11) is 3.15. The number of benzene rings is 2. The van der Waals surface area contributed by atoms with Crippen LogP contribution in [0.15, 0.2) is 58.2 Å². The molecule has 3 rings (SSSR count). The Hall–Kier alpha value is -3.00. The van der Waals surface area contributed by atoms with Crippen molar-refractivity contribution >= 4 is 17.7 Å². The fourth-order valence-electron chi connectivity index (χ4n) is 2.66. The molecule has 29 heavy (non-hydrogen) atoms. The molecule has 0 aliphatic heterocycles. The Kier molecular flexibility index (Phi) is 7.13. The van der Waals surface area contributed by atoms with Crippen LogP contribution in [0.5, 0.6) is 11.5 Å². The van der Waals surface area contributed by atoms with Gasteiger partial charge in [-0.15, -0.1) is 10.2 Å². The number of aromatic nitrogens is 2. The van der Waals surface area contributed by atoms with Gasteiger partial charge < -0.3 is 19.2 Å². The van der Waals surface area contributed by atoms with E-state index in [1.807, 2.05) is 18.2 Å². The molecular weight excluding hydrogens is 390 g/mol. The van der Waals surface area contributed by atoms with Gasteiger partial charge in [0.15, 0.2) is 0 Å².